The normalized spacial score (nSPS) is 12.1. The summed E-state index contributed by atoms with van der Waals surface area (Å²) >= 11 is 0. The summed E-state index contributed by atoms with van der Waals surface area (Å²) in [5, 5.41) is 3.58. The van der Waals surface area contributed by atoms with Gasteiger partial charge < -0.3 is 10.1 Å². The Labute approximate surface area is 127 Å². The number of aromatic nitrogens is 1. The van der Waals surface area contributed by atoms with Gasteiger partial charge in [-0.25, -0.2) is 0 Å². The van der Waals surface area contributed by atoms with Gasteiger partial charge in [-0.15, -0.1) is 0 Å². The van der Waals surface area contributed by atoms with Gasteiger partial charge in [-0.2, -0.15) is 0 Å². The van der Waals surface area contributed by atoms with Gasteiger partial charge in [0.05, 0.1) is 7.11 Å². The van der Waals surface area contributed by atoms with Crippen LogP contribution in [0.25, 0.3) is 0 Å². The summed E-state index contributed by atoms with van der Waals surface area (Å²) < 4.78 is 5.45. The molecule has 21 heavy (non-hydrogen) atoms. The van der Waals surface area contributed by atoms with Crippen molar-refractivity contribution in [2.75, 3.05) is 13.7 Å². The van der Waals surface area contributed by atoms with E-state index in [9.17, 15) is 0 Å². The second-order valence-electron chi connectivity index (χ2n) is 5.16. The number of hydrogen-bond acceptors (Lipinski definition) is 3. The molecule has 1 aromatic carbocycles. The zero-order valence-corrected chi connectivity index (χ0v) is 12.9. The maximum absolute atomic E-state index is 5.45. The van der Waals surface area contributed by atoms with Crippen LogP contribution in [0.5, 0.6) is 5.75 Å². The predicted molar refractivity (Wildman–Crippen MR) is 86.7 cm³/mol. The molecule has 2 rings (SSSR count). The molecule has 112 valence electrons. The molecule has 1 atom stereocenters. The van der Waals surface area contributed by atoms with Crippen molar-refractivity contribution in [3.63, 3.8) is 0 Å². The van der Waals surface area contributed by atoms with E-state index in [1.807, 2.05) is 24.5 Å². The van der Waals surface area contributed by atoms with Crippen LogP contribution in [0, 0.1) is 0 Å². The van der Waals surface area contributed by atoms with Crippen LogP contribution in [-0.4, -0.2) is 24.7 Å². The van der Waals surface area contributed by atoms with Crippen molar-refractivity contribution in [2.45, 2.75) is 32.2 Å². The average Bonchev–Trinajstić information content (AvgIpc) is 2.54. The van der Waals surface area contributed by atoms with Crippen molar-refractivity contribution in [3.05, 3.63) is 59.9 Å². The van der Waals surface area contributed by atoms with Gasteiger partial charge in [-0.1, -0.05) is 25.1 Å². The van der Waals surface area contributed by atoms with Crippen LogP contribution < -0.4 is 10.1 Å². The number of likely N-dealkylation sites (N-methyl/N-ethyl adjacent to an activating group) is 1. The quantitative estimate of drug-likeness (QED) is 0.808. The summed E-state index contributed by atoms with van der Waals surface area (Å²) in [6, 6.07) is 12.9. The third-order valence-corrected chi connectivity index (χ3v) is 3.68. The van der Waals surface area contributed by atoms with Crippen LogP contribution in [0.2, 0.25) is 0 Å². The minimum absolute atomic E-state index is 0.458. The van der Waals surface area contributed by atoms with Crippen LogP contribution in [0.4, 0.5) is 0 Å². The van der Waals surface area contributed by atoms with Gasteiger partial charge >= 0.3 is 0 Å². The van der Waals surface area contributed by atoms with E-state index in [0.717, 1.165) is 31.6 Å². The Balaban J connectivity index is 1.98. The highest BCUT2D eigenvalue weighted by molar-refractivity contribution is 5.33. The second kappa shape index (κ2) is 8.42. The zero-order chi connectivity index (χ0) is 14.9. The Morgan fingerprint density at radius 3 is 2.62 bits per heavy atom. The molecule has 0 radical (unpaired) electrons. The van der Waals surface area contributed by atoms with E-state index in [4.69, 9.17) is 4.74 Å². The lowest BCUT2D eigenvalue weighted by Gasteiger charge is -2.19. The Morgan fingerprint density at radius 1 is 1.14 bits per heavy atom. The number of hydrogen-bond donors (Lipinski definition) is 1. The van der Waals surface area contributed by atoms with Crippen molar-refractivity contribution >= 4 is 0 Å². The summed E-state index contributed by atoms with van der Waals surface area (Å²) in [6.45, 7) is 3.14. The van der Waals surface area contributed by atoms with E-state index >= 15 is 0 Å². The number of ether oxygens (including phenoxy) is 1. The standard InChI is InChI=1S/C18H24N2O/c1-3-20-17(9-8-15-10-12-19-13-11-15)14-16-6-4-5-7-18(16)21-2/h4-7,10-13,17,20H,3,8-9,14H2,1-2H3. The number of rotatable bonds is 8. The molecule has 0 amide bonds. The van der Waals surface area contributed by atoms with Crippen molar-refractivity contribution in [3.8, 4) is 5.75 Å². The van der Waals surface area contributed by atoms with Gasteiger partial charge in [0, 0.05) is 18.4 Å². The number of pyridine rings is 1. The Hall–Kier alpha value is -1.87. The first kappa shape index (κ1) is 15.5. The Kier molecular flexibility index (Phi) is 6.22. The van der Waals surface area contributed by atoms with E-state index in [0.29, 0.717) is 6.04 Å². The summed E-state index contributed by atoms with van der Waals surface area (Å²) in [5.74, 6) is 0.976. The molecule has 0 spiro atoms. The van der Waals surface area contributed by atoms with E-state index in [1.54, 1.807) is 7.11 Å². The predicted octanol–water partition coefficient (Wildman–Crippen LogP) is 3.24. The van der Waals surface area contributed by atoms with Crippen molar-refractivity contribution in [1.29, 1.82) is 0 Å². The van der Waals surface area contributed by atoms with Crippen LogP contribution >= 0.6 is 0 Å². The lowest BCUT2D eigenvalue weighted by Crippen LogP contribution is -2.31. The Bertz CT molecular complexity index is 528. The molecule has 1 aromatic heterocycles. The van der Waals surface area contributed by atoms with Crippen molar-refractivity contribution in [2.24, 2.45) is 0 Å². The maximum Gasteiger partial charge on any atom is 0.122 e. The monoisotopic (exact) mass is 284 g/mol. The lowest BCUT2D eigenvalue weighted by molar-refractivity contribution is 0.403. The molecule has 2 aromatic rings. The third-order valence-electron chi connectivity index (χ3n) is 3.68. The van der Waals surface area contributed by atoms with Crippen LogP contribution in [0.15, 0.2) is 48.8 Å². The molecule has 3 nitrogen and oxygen atoms in total. The first-order valence-corrected chi connectivity index (χ1v) is 7.57. The molecule has 1 N–H and O–H groups in total. The van der Waals surface area contributed by atoms with E-state index in [2.05, 4.69) is 41.5 Å². The highest BCUT2D eigenvalue weighted by Gasteiger charge is 2.11. The third kappa shape index (κ3) is 4.87. The van der Waals surface area contributed by atoms with Crippen LogP contribution in [0.1, 0.15) is 24.5 Å². The molecule has 0 fully saturated rings. The fourth-order valence-electron chi connectivity index (χ4n) is 2.59. The fourth-order valence-corrected chi connectivity index (χ4v) is 2.59. The van der Waals surface area contributed by atoms with Gasteiger partial charge in [-0.3, -0.25) is 4.98 Å². The van der Waals surface area contributed by atoms with Crippen molar-refractivity contribution < 1.29 is 4.74 Å². The number of benzene rings is 1. The zero-order valence-electron chi connectivity index (χ0n) is 12.9. The first-order chi connectivity index (χ1) is 10.3. The van der Waals surface area contributed by atoms with E-state index < -0.39 is 0 Å². The number of para-hydroxylation sites is 1. The fraction of sp³-hybridized carbons (Fsp3) is 0.389. The largest absolute Gasteiger partial charge is 0.496 e. The number of aryl methyl sites for hydroxylation is 1. The van der Waals surface area contributed by atoms with Crippen LogP contribution in [0.3, 0.4) is 0 Å². The molecule has 0 saturated heterocycles. The van der Waals surface area contributed by atoms with Crippen molar-refractivity contribution in [1.82, 2.24) is 10.3 Å². The molecule has 3 heteroatoms. The number of methoxy groups -OCH3 is 1. The summed E-state index contributed by atoms with van der Waals surface area (Å²) in [5.41, 5.74) is 2.61. The second-order valence-corrected chi connectivity index (χ2v) is 5.16. The highest BCUT2D eigenvalue weighted by atomic mass is 16.5. The van der Waals surface area contributed by atoms with E-state index in [1.165, 1.54) is 11.1 Å². The first-order valence-electron chi connectivity index (χ1n) is 7.57. The highest BCUT2D eigenvalue weighted by Crippen LogP contribution is 2.20. The van der Waals surface area contributed by atoms with E-state index in [-0.39, 0.29) is 0 Å². The minimum Gasteiger partial charge on any atom is -0.496 e. The summed E-state index contributed by atoms with van der Waals surface area (Å²) in [6.07, 6.45) is 6.88. The molecule has 0 aliphatic carbocycles. The lowest BCUT2D eigenvalue weighted by atomic mass is 9.99. The van der Waals surface area contributed by atoms with Gasteiger partial charge in [0.1, 0.15) is 5.75 Å². The molecule has 0 saturated carbocycles. The number of nitrogens with zero attached hydrogens (tertiary/aromatic N) is 1. The minimum atomic E-state index is 0.458. The topological polar surface area (TPSA) is 34.2 Å². The van der Waals surface area contributed by atoms with Gasteiger partial charge in [0.2, 0.25) is 0 Å². The molecule has 0 aliphatic rings. The summed E-state index contributed by atoms with van der Waals surface area (Å²) in [7, 11) is 1.73. The molecule has 0 bridgehead atoms. The molecular formula is C18H24N2O. The molecule has 0 aliphatic heterocycles. The van der Waals surface area contributed by atoms with Gasteiger partial charge in [-0.05, 0) is 55.1 Å². The maximum atomic E-state index is 5.45. The summed E-state index contributed by atoms with van der Waals surface area (Å²) in [4.78, 5) is 4.07. The Morgan fingerprint density at radius 2 is 1.90 bits per heavy atom. The average molecular weight is 284 g/mol. The molecule has 1 unspecified atom stereocenters. The SMILES string of the molecule is CCNC(CCc1ccncc1)Cc1ccccc1OC. The number of nitrogens with one attached hydrogen (secondary N) is 1. The van der Waals surface area contributed by atoms with Gasteiger partial charge in [0.15, 0.2) is 0 Å². The molecular weight excluding hydrogens is 260 g/mol. The smallest absolute Gasteiger partial charge is 0.122 e. The van der Waals surface area contributed by atoms with Gasteiger partial charge in [0.25, 0.3) is 0 Å². The molecule has 1 heterocycles. The van der Waals surface area contributed by atoms with Crippen LogP contribution in [-0.2, 0) is 12.8 Å².